The number of ether oxygens (including phenoxy) is 2. The van der Waals surface area contributed by atoms with Crippen molar-refractivity contribution in [3.63, 3.8) is 0 Å². The third-order valence-corrected chi connectivity index (χ3v) is 5.95. The van der Waals surface area contributed by atoms with Gasteiger partial charge in [0.15, 0.2) is 12.3 Å². The zero-order valence-corrected chi connectivity index (χ0v) is 19.7. The number of carbonyl (C=O) groups excluding carboxylic acids is 2. The molecule has 0 saturated heterocycles. The van der Waals surface area contributed by atoms with Crippen molar-refractivity contribution in [2.75, 3.05) is 19.0 Å². The second kappa shape index (κ2) is 9.60. The van der Waals surface area contributed by atoms with Crippen molar-refractivity contribution in [2.24, 2.45) is 0 Å². The molecule has 0 unspecified atom stereocenters. The Kier molecular flexibility index (Phi) is 6.62. The summed E-state index contributed by atoms with van der Waals surface area (Å²) < 4.78 is 12.3. The fourth-order valence-electron chi connectivity index (χ4n) is 3.29. The molecule has 3 aromatic heterocycles. The number of esters is 1. The van der Waals surface area contributed by atoms with Gasteiger partial charge in [-0.3, -0.25) is 4.79 Å². The van der Waals surface area contributed by atoms with Crippen LogP contribution in [-0.2, 0) is 9.53 Å². The fourth-order valence-corrected chi connectivity index (χ4v) is 4.15. The maximum Gasteiger partial charge on any atom is 0.339 e. The minimum absolute atomic E-state index is 0.0518. The number of nitrogens with one attached hydrogen (secondary N) is 1. The summed E-state index contributed by atoms with van der Waals surface area (Å²) in [5, 5.41) is 9.96. The lowest BCUT2D eigenvalue weighted by molar-refractivity contribution is -0.119. The topological polar surface area (TPSA) is 95.3 Å². The van der Waals surface area contributed by atoms with Crippen LogP contribution in [0, 0.1) is 0 Å². The van der Waals surface area contributed by atoms with E-state index in [1.54, 1.807) is 35.1 Å². The highest BCUT2D eigenvalue weighted by Gasteiger charge is 2.21. The van der Waals surface area contributed by atoms with Crippen LogP contribution in [0.2, 0.25) is 5.02 Å². The number of hydrogen-bond acceptors (Lipinski definition) is 7. The third-order valence-electron chi connectivity index (χ3n) is 4.82. The maximum atomic E-state index is 13.0. The number of fused-ring (bicyclic) bond motifs is 1. The summed E-state index contributed by atoms with van der Waals surface area (Å²) in [6, 6.07) is 10.4. The van der Waals surface area contributed by atoms with Gasteiger partial charge < -0.3 is 14.8 Å². The molecule has 0 bridgehead atoms. The lowest BCUT2D eigenvalue weighted by Crippen LogP contribution is -2.21. The maximum absolute atomic E-state index is 13.0. The minimum atomic E-state index is -0.642. The van der Waals surface area contributed by atoms with Gasteiger partial charge in [0.05, 0.1) is 40.5 Å². The Morgan fingerprint density at radius 1 is 1.24 bits per heavy atom. The molecule has 0 spiro atoms. The highest BCUT2D eigenvalue weighted by Crippen LogP contribution is 2.30. The molecular weight excluding hydrogens is 464 g/mol. The van der Waals surface area contributed by atoms with E-state index in [1.807, 2.05) is 31.4 Å². The summed E-state index contributed by atoms with van der Waals surface area (Å²) in [5.41, 5.74) is 1.90. The van der Waals surface area contributed by atoms with Crippen LogP contribution in [0.5, 0.6) is 5.75 Å². The lowest BCUT2D eigenvalue weighted by atomic mass is 10.1. The molecule has 1 amide bonds. The Balaban J connectivity index is 1.58. The number of methoxy groups -OCH3 is 1. The van der Waals surface area contributed by atoms with E-state index < -0.39 is 18.5 Å². The van der Waals surface area contributed by atoms with Crippen molar-refractivity contribution in [3.8, 4) is 16.3 Å². The molecule has 0 saturated carbocycles. The molecular formula is C23H21ClN4O4S. The van der Waals surface area contributed by atoms with E-state index in [4.69, 9.17) is 26.1 Å². The quantitative estimate of drug-likeness (QED) is 0.362. The second-order valence-electron chi connectivity index (χ2n) is 7.42. The number of nitrogens with zero attached hydrogens (tertiary/aromatic N) is 3. The molecule has 33 heavy (non-hydrogen) atoms. The van der Waals surface area contributed by atoms with Crippen LogP contribution in [0.1, 0.15) is 30.2 Å². The number of benzene rings is 1. The molecule has 0 aliphatic rings. The molecule has 4 rings (SSSR count). The zero-order valence-electron chi connectivity index (χ0n) is 18.2. The first-order chi connectivity index (χ1) is 15.9. The predicted octanol–water partition coefficient (Wildman–Crippen LogP) is 5.20. The summed E-state index contributed by atoms with van der Waals surface area (Å²) in [5.74, 6) is -0.723. The van der Waals surface area contributed by atoms with E-state index in [-0.39, 0.29) is 6.04 Å². The monoisotopic (exact) mass is 484 g/mol. The average molecular weight is 485 g/mol. The van der Waals surface area contributed by atoms with Gasteiger partial charge in [-0.25, -0.2) is 14.5 Å². The Morgan fingerprint density at radius 3 is 2.76 bits per heavy atom. The van der Waals surface area contributed by atoms with Gasteiger partial charge in [-0.1, -0.05) is 17.7 Å². The Bertz CT molecular complexity index is 1320. The van der Waals surface area contributed by atoms with E-state index in [0.29, 0.717) is 38.8 Å². The first-order valence-electron chi connectivity index (χ1n) is 10.1. The zero-order chi connectivity index (χ0) is 23.5. The lowest BCUT2D eigenvalue weighted by Gasteiger charge is -2.12. The van der Waals surface area contributed by atoms with E-state index in [1.165, 1.54) is 18.4 Å². The number of rotatable bonds is 7. The van der Waals surface area contributed by atoms with Crippen molar-refractivity contribution >= 4 is 51.5 Å². The summed E-state index contributed by atoms with van der Waals surface area (Å²) >= 11 is 7.51. The van der Waals surface area contributed by atoms with E-state index >= 15 is 0 Å². The van der Waals surface area contributed by atoms with E-state index in [0.717, 1.165) is 4.88 Å². The number of halogens is 1. The first-order valence-corrected chi connectivity index (χ1v) is 11.4. The summed E-state index contributed by atoms with van der Waals surface area (Å²) in [6.07, 6.45) is 1.59. The molecule has 3 heterocycles. The summed E-state index contributed by atoms with van der Waals surface area (Å²) in [4.78, 5) is 31.0. The van der Waals surface area contributed by atoms with Crippen molar-refractivity contribution in [1.82, 2.24) is 14.8 Å². The number of amides is 1. The Hall–Kier alpha value is -3.43. The number of anilines is 1. The van der Waals surface area contributed by atoms with Crippen LogP contribution in [0.15, 0.2) is 48.0 Å². The van der Waals surface area contributed by atoms with Crippen LogP contribution < -0.4 is 10.1 Å². The van der Waals surface area contributed by atoms with Gasteiger partial charge in [0.25, 0.3) is 5.91 Å². The molecule has 10 heteroatoms. The molecule has 0 atom stereocenters. The number of pyridine rings is 1. The van der Waals surface area contributed by atoms with Gasteiger partial charge in [0, 0.05) is 11.1 Å². The van der Waals surface area contributed by atoms with Crippen LogP contribution in [-0.4, -0.2) is 40.4 Å². The largest absolute Gasteiger partial charge is 0.495 e. The SMILES string of the molecule is COc1ccc(Cl)cc1NC(=O)COC(=O)c1cc(-c2cccs2)nc2c1cnn2C(C)C. The van der Waals surface area contributed by atoms with E-state index in [9.17, 15) is 9.59 Å². The molecule has 1 aromatic carbocycles. The second-order valence-corrected chi connectivity index (χ2v) is 8.81. The van der Waals surface area contributed by atoms with Gasteiger partial charge in [-0.2, -0.15) is 5.10 Å². The van der Waals surface area contributed by atoms with Crippen LogP contribution in [0.3, 0.4) is 0 Å². The molecule has 8 nitrogen and oxygen atoms in total. The highest BCUT2D eigenvalue weighted by molar-refractivity contribution is 7.13. The smallest absolute Gasteiger partial charge is 0.339 e. The molecule has 0 radical (unpaired) electrons. The van der Waals surface area contributed by atoms with Gasteiger partial charge >= 0.3 is 5.97 Å². The number of carbonyl (C=O) groups is 2. The average Bonchev–Trinajstić information content (AvgIpc) is 3.47. The Labute approximate surface area is 199 Å². The standard InChI is InChI=1S/C23H21ClN4O4S/c1-13(2)28-22-16(11-25-28)15(10-18(27-22)20-5-4-8-33-20)23(30)32-12-21(29)26-17-9-14(24)6-7-19(17)31-3/h4-11,13H,12H2,1-3H3,(H,26,29). The fraction of sp³-hybridized carbons (Fsp3) is 0.217. The van der Waals surface area contributed by atoms with Crippen LogP contribution >= 0.6 is 22.9 Å². The highest BCUT2D eigenvalue weighted by atomic mass is 35.5. The molecule has 0 aliphatic carbocycles. The van der Waals surface area contributed by atoms with E-state index in [2.05, 4.69) is 10.4 Å². The predicted molar refractivity (Wildman–Crippen MR) is 128 cm³/mol. The van der Waals surface area contributed by atoms with Crippen molar-refractivity contribution < 1.29 is 19.1 Å². The number of aromatic nitrogens is 3. The van der Waals surface area contributed by atoms with Gasteiger partial charge in [-0.05, 0) is 49.6 Å². The molecule has 170 valence electrons. The molecule has 0 fully saturated rings. The minimum Gasteiger partial charge on any atom is -0.495 e. The first kappa shape index (κ1) is 22.8. The van der Waals surface area contributed by atoms with Crippen molar-refractivity contribution in [2.45, 2.75) is 19.9 Å². The van der Waals surface area contributed by atoms with Crippen LogP contribution in [0.25, 0.3) is 21.6 Å². The van der Waals surface area contributed by atoms with Crippen LogP contribution in [0.4, 0.5) is 5.69 Å². The third kappa shape index (κ3) is 4.84. The summed E-state index contributed by atoms with van der Waals surface area (Å²) in [7, 11) is 1.48. The molecule has 0 aliphatic heterocycles. The normalized spacial score (nSPS) is 11.1. The van der Waals surface area contributed by atoms with Crippen molar-refractivity contribution in [1.29, 1.82) is 0 Å². The van der Waals surface area contributed by atoms with Gasteiger partial charge in [-0.15, -0.1) is 11.3 Å². The number of hydrogen-bond donors (Lipinski definition) is 1. The Morgan fingerprint density at radius 2 is 2.06 bits per heavy atom. The van der Waals surface area contributed by atoms with Crippen molar-refractivity contribution in [3.05, 3.63) is 58.6 Å². The summed E-state index contributed by atoms with van der Waals surface area (Å²) in [6.45, 7) is 3.49. The molecule has 4 aromatic rings. The molecule has 1 N–H and O–H groups in total. The van der Waals surface area contributed by atoms with Gasteiger partial charge in [0.2, 0.25) is 0 Å². The van der Waals surface area contributed by atoms with Gasteiger partial charge in [0.1, 0.15) is 5.75 Å². The number of thiophene rings is 1.